The monoisotopic (exact) mass is 350 g/mol. The second-order valence-corrected chi connectivity index (χ2v) is 12.5. The molecule has 1 aromatic carbocycles. The van der Waals surface area contributed by atoms with Crippen LogP contribution >= 0.6 is 11.6 Å². The van der Waals surface area contributed by atoms with Gasteiger partial charge in [-0.1, -0.05) is 37.3 Å². The van der Waals surface area contributed by atoms with E-state index >= 15 is 0 Å². The summed E-state index contributed by atoms with van der Waals surface area (Å²) < 4.78 is 11.1. The molecule has 1 N–H and O–H groups in total. The molecule has 4 nitrogen and oxygen atoms in total. The molecule has 1 aromatic heterocycles. The summed E-state index contributed by atoms with van der Waals surface area (Å²) >= 11 is 5.88. The van der Waals surface area contributed by atoms with Crippen molar-refractivity contribution in [3.8, 4) is 5.88 Å². The van der Waals surface area contributed by atoms with Crippen LogP contribution in [0, 0.1) is 0 Å². The van der Waals surface area contributed by atoms with Crippen LogP contribution in [-0.2, 0) is 4.74 Å². The third kappa shape index (κ3) is 7.03. The van der Waals surface area contributed by atoms with Gasteiger partial charge >= 0.3 is 0 Å². The molecule has 0 fully saturated rings. The molecule has 2 rings (SSSR count). The van der Waals surface area contributed by atoms with Gasteiger partial charge in [0.05, 0.1) is 0 Å². The fraction of sp³-hybridized carbons (Fsp3) is 0.353. The molecule has 0 amide bonds. The Morgan fingerprint density at radius 2 is 1.83 bits per heavy atom. The number of pyridine rings is 1. The van der Waals surface area contributed by atoms with E-state index in [1.165, 1.54) is 0 Å². The van der Waals surface area contributed by atoms with E-state index in [4.69, 9.17) is 21.1 Å². The molecular weight excluding hydrogens is 328 g/mol. The molecule has 23 heavy (non-hydrogen) atoms. The highest BCUT2D eigenvalue weighted by atomic mass is 35.5. The van der Waals surface area contributed by atoms with Crippen LogP contribution in [0.2, 0.25) is 30.7 Å². The van der Waals surface area contributed by atoms with Gasteiger partial charge in [-0.2, -0.15) is 4.98 Å². The van der Waals surface area contributed by atoms with Crippen LogP contribution in [0.4, 0.5) is 11.5 Å². The van der Waals surface area contributed by atoms with Crippen molar-refractivity contribution < 1.29 is 9.47 Å². The van der Waals surface area contributed by atoms with E-state index in [0.29, 0.717) is 16.7 Å². The maximum absolute atomic E-state index is 5.88. The van der Waals surface area contributed by atoms with Gasteiger partial charge in [-0.05, 0) is 36.4 Å². The van der Waals surface area contributed by atoms with Crippen molar-refractivity contribution in [1.82, 2.24) is 4.98 Å². The lowest BCUT2D eigenvalue weighted by Gasteiger charge is -2.15. The van der Waals surface area contributed by atoms with Crippen LogP contribution < -0.4 is 10.1 Å². The number of benzene rings is 1. The van der Waals surface area contributed by atoms with E-state index < -0.39 is 8.07 Å². The largest absolute Gasteiger partial charge is 0.450 e. The summed E-state index contributed by atoms with van der Waals surface area (Å²) in [6.45, 7) is 7.93. The number of hydrogen-bond donors (Lipinski definition) is 1. The standard InChI is InChI=1S/C17H23ClN2O2Si/c1-23(2,3)12-11-21-13-22-17-6-4-5-16(20-17)19-15-9-7-14(18)8-10-15/h4-10H,11-13H2,1-3H3,(H,19,20). The number of hydrogen-bond acceptors (Lipinski definition) is 4. The topological polar surface area (TPSA) is 43.4 Å². The molecular formula is C17H23ClN2O2Si. The van der Waals surface area contributed by atoms with Crippen LogP contribution in [0.3, 0.4) is 0 Å². The highest BCUT2D eigenvalue weighted by Gasteiger charge is 2.12. The van der Waals surface area contributed by atoms with Gasteiger partial charge in [0.1, 0.15) is 5.82 Å². The molecule has 0 atom stereocenters. The van der Waals surface area contributed by atoms with Gasteiger partial charge in [0.15, 0.2) is 6.79 Å². The average molecular weight is 351 g/mol. The van der Waals surface area contributed by atoms with Crippen molar-refractivity contribution in [3.63, 3.8) is 0 Å². The molecule has 0 aliphatic rings. The minimum Gasteiger partial charge on any atom is -0.450 e. The van der Waals surface area contributed by atoms with Crippen LogP contribution in [-0.4, -0.2) is 26.5 Å². The first-order valence-electron chi connectivity index (χ1n) is 7.63. The number of ether oxygens (including phenoxy) is 2. The second-order valence-electron chi connectivity index (χ2n) is 6.47. The SMILES string of the molecule is C[Si](C)(C)CCOCOc1cccc(Nc2ccc(Cl)cc2)n1. The number of anilines is 2. The van der Waals surface area contributed by atoms with Crippen molar-refractivity contribution >= 4 is 31.2 Å². The summed E-state index contributed by atoms with van der Waals surface area (Å²) in [5, 5.41) is 3.91. The summed E-state index contributed by atoms with van der Waals surface area (Å²) in [5.41, 5.74) is 0.922. The Morgan fingerprint density at radius 1 is 1.09 bits per heavy atom. The van der Waals surface area contributed by atoms with Gasteiger partial charge in [-0.25, -0.2) is 0 Å². The fourth-order valence-electron chi connectivity index (χ4n) is 1.79. The number of halogens is 1. The van der Waals surface area contributed by atoms with Gasteiger partial charge in [0.2, 0.25) is 5.88 Å². The van der Waals surface area contributed by atoms with E-state index in [1.54, 1.807) is 0 Å². The van der Waals surface area contributed by atoms with Crippen LogP contribution in [0.5, 0.6) is 5.88 Å². The minimum absolute atomic E-state index is 0.224. The third-order valence-corrected chi connectivity index (χ3v) is 5.08. The molecule has 0 aliphatic heterocycles. The van der Waals surface area contributed by atoms with Gasteiger partial charge in [-0.3, -0.25) is 0 Å². The van der Waals surface area contributed by atoms with E-state index in [9.17, 15) is 0 Å². The zero-order valence-electron chi connectivity index (χ0n) is 13.8. The Morgan fingerprint density at radius 3 is 2.52 bits per heavy atom. The molecule has 0 spiro atoms. The van der Waals surface area contributed by atoms with Crippen LogP contribution in [0.15, 0.2) is 42.5 Å². The summed E-state index contributed by atoms with van der Waals surface area (Å²) in [6, 6.07) is 14.2. The summed E-state index contributed by atoms with van der Waals surface area (Å²) in [7, 11) is -1.06. The molecule has 0 radical (unpaired) electrons. The van der Waals surface area contributed by atoms with E-state index in [0.717, 1.165) is 18.3 Å². The molecule has 2 aromatic rings. The average Bonchev–Trinajstić information content (AvgIpc) is 2.49. The van der Waals surface area contributed by atoms with Crippen molar-refractivity contribution in [2.24, 2.45) is 0 Å². The first-order chi connectivity index (χ1) is 10.9. The molecule has 0 saturated carbocycles. The van der Waals surface area contributed by atoms with Crippen LogP contribution in [0.1, 0.15) is 0 Å². The van der Waals surface area contributed by atoms with E-state index in [2.05, 4.69) is 29.9 Å². The maximum Gasteiger partial charge on any atom is 0.217 e. The van der Waals surface area contributed by atoms with Crippen molar-refractivity contribution in [1.29, 1.82) is 0 Å². The Hall–Kier alpha value is -1.56. The first kappa shape index (κ1) is 17.8. The van der Waals surface area contributed by atoms with Gasteiger partial charge in [0.25, 0.3) is 0 Å². The summed E-state index contributed by atoms with van der Waals surface area (Å²) in [4.78, 5) is 4.40. The number of nitrogens with one attached hydrogen (secondary N) is 1. The predicted molar refractivity (Wildman–Crippen MR) is 98.6 cm³/mol. The lowest BCUT2D eigenvalue weighted by Crippen LogP contribution is -2.22. The molecule has 0 bridgehead atoms. The van der Waals surface area contributed by atoms with Crippen molar-refractivity contribution in [2.45, 2.75) is 25.7 Å². The van der Waals surface area contributed by atoms with Crippen LogP contribution in [0.25, 0.3) is 0 Å². The fourth-order valence-corrected chi connectivity index (χ4v) is 2.67. The van der Waals surface area contributed by atoms with Gasteiger partial charge in [-0.15, -0.1) is 0 Å². The zero-order chi connectivity index (χ0) is 16.7. The number of nitrogens with zero attached hydrogens (tertiary/aromatic N) is 1. The Labute approximate surface area is 143 Å². The first-order valence-corrected chi connectivity index (χ1v) is 11.7. The van der Waals surface area contributed by atoms with E-state index in [-0.39, 0.29) is 6.79 Å². The highest BCUT2D eigenvalue weighted by molar-refractivity contribution is 6.76. The molecule has 0 saturated heterocycles. The van der Waals surface area contributed by atoms with Crippen molar-refractivity contribution in [3.05, 3.63) is 47.5 Å². The molecule has 0 aliphatic carbocycles. The quantitative estimate of drug-likeness (QED) is 0.405. The number of aromatic nitrogens is 1. The molecule has 1 heterocycles. The van der Waals surface area contributed by atoms with Gasteiger partial charge < -0.3 is 14.8 Å². The normalized spacial score (nSPS) is 11.3. The van der Waals surface area contributed by atoms with Crippen molar-refractivity contribution in [2.75, 3.05) is 18.7 Å². The summed E-state index contributed by atoms with van der Waals surface area (Å²) in [5.74, 6) is 1.25. The highest BCUT2D eigenvalue weighted by Crippen LogP contribution is 2.19. The Balaban J connectivity index is 1.81. The minimum atomic E-state index is -1.06. The molecule has 0 unspecified atom stereocenters. The lowest BCUT2D eigenvalue weighted by atomic mass is 10.3. The zero-order valence-corrected chi connectivity index (χ0v) is 15.6. The van der Waals surface area contributed by atoms with E-state index in [1.807, 2.05) is 42.5 Å². The number of rotatable bonds is 8. The molecule has 6 heteroatoms. The smallest absolute Gasteiger partial charge is 0.217 e. The second kappa shape index (κ2) is 8.33. The Kier molecular flexibility index (Phi) is 6.44. The Bertz CT molecular complexity index is 615. The lowest BCUT2D eigenvalue weighted by molar-refractivity contribution is 0.0194. The van der Waals surface area contributed by atoms with Gasteiger partial charge in [0, 0.05) is 31.5 Å². The third-order valence-electron chi connectivity index (χ3n) is 3.13. The maximum atomic E-state index is 5.88. The predicted octanol–water partition coefficient (Wildman–Crippen LogP) is 5.17. The molecule has 124 valence electrons. The summed E-state index contributed by atoms with van der Waals surface area (Å²) in [6.07, 6.45) is 0.